The first kappa shape index (κ1) is 18.1. The van der Waals surface area contributed by atoms with E-state index in [4.69, 9.17) is 5.73 Å². The predicted molar refractivity (Wildman–Crippen MR) is 99.5 cm³/mol. The highest BCUT2D eigenvalue weighted by Gasteiger charge is 2.40. The summed E-state index contributed by atoms with van der Waals surface area (Å²) in [5.74, 6) is -0.297. The maximum atomic E-state index is 13.1. The van der Waals surface area contributed by atoms with E-state index in [1.165, 1.54) is 0 Å². The number of carbonyl (C=O) groups is 3. The number of nitrogens with two attached hydrogens (primary N) is 1. The Kier molecular flexibility index (Phi) is 4.74. The first-order chi connectivity index (χ1) is 12.9. The molecule has 144 valence electrons. The van der Waals surface area contributed by atoms with Crippen molar-refractivity contribution in [3.8, 4) is 0 Å². The van der Waals surface area contributed by atoms with Gasteiger partial charge in [-0.1, -0.05) is 25.1 Å². The maximum absolute atomic E-state index is 13.1. The molecule has 1 aromatic carbocycles. The Labute approximate surface area is 158 Å². The lowest BCUT2D eigenvalue weighted by Crippen LogP contribution is -2.52. The molecule has 0 spiro atoms. The molecule has 3 unspecified atom stereocenters. The third kappa shape index (κ3) is 3.37. The third-order valence-corrected chi connectivity index (χ3v) is 6.09. The van der Waals surface area contributed by atoms with Crippen LogP contribution in [0.2, 0.25) is 0 Å². The van der Waals surface area contributed by atoms with Crippen molar-refractivity contribution < 1.29 is 14.4 Å². The third-order valence-electron chi connectivity index (χ3n) is 6.09. The van der Waals surface area contributed by atoms with Gasteiger partial charge in [-0.2, -0.15) is 0 Å². The number of likely N-dealkylation sites (tertiary alicyclic amines) is 1. The summed E-state index contributed by atoms with van der Waals surface area (Å²) in [4.78, 5) is 40.7. The largest absolute Gasteiger partial charge is 0.327 e. The van der Waals surface area contributed by atoms with Crippen molar-refractivity contribution in [2.75, 3.05) is 13.1 Å². The molecule has 3 atom stereocenters. The van der Waals surface area contributed by atoms with Gasteiger partial charge in [0.05, 0.1) is 0 Å². The van der Waals surface area contributed by atoms with Crippen LogP contribution in [0.5, 0.6) is 0 Å². The molecule has 2 saturated heterocycles. The van der Waals surface area contributed by atoms with Gasteiger partial charge in [0.2, 0.25) is 11.8 Å². The molecule has 0 aliphatic carbocycles. The summed E-state index contributed by atoms with van der Waals surface area (Å²) in [5, 5.41) is 2.35. The van der Waals surface area contributed by atoms with E-state index < -0.39 is 6.04 Å². The number of imide groups is 1. The van der Waals surface area contributed by atoms with Gasteiger partial charge in [0.15, 0.2) is 0 Å². The molecule has 3 aliphatic heterocycles. The molecular formula is C20H26N4O3. The fourth-order valence-corrected chi connectivity index (χ4v) is 4.46. The summed E-state index contributed by atoms with van der Waals surface area (Å²) in [6.07, 6.45) is 1.63. The highest BCUT2D eigenvalue weighted by molar-refractivity contribution is 6.05. The van der Waals surface area contributed by atoms with Crippen LogP contribution in [0.4, 0.5) is 0 Å². The van der Waals surface area contributed by atoms with Crippen LogP contribution in [0, 0.1) is 5.92 Å². The fraction of sp³-hybridized carbons (Fsp3) is 0.550. The number of hydrogen-bond donors (Lipinski definition) is 2. The van der Waals surface area contributed by atoms with Gasteiger partial charge in [-0.05, 0) is 36.4 Å². The zero-order valence-corrected chi connectivity index (χ0v) is 15.6. The zero-order chi connectivity index (χ0) is 19.1. The Hall–Kier alpha value is -2.25. The SMILES string of the molecule is CC1CN(Cc2cccc3c2C(=O)N(C2CCC(=O)NC2=O)C3)CCC1N. The summed E-state index contributed by atoms with van der Waals surface area (Å²) < 4.78 is 0. The van der Waals surface area contributed by atoms with Gasteiger partial charge in [-0.15, -0.1) is 0 Å². The number of rotatable bonds is 3. The second-order valence-corrected chi connectivity index (χ2v) is 8.02. The van der Waals surface area contributed by atoms with Crippen LogP contribution in [0.1, 0.15) is 47.7 Å². The average Bonchev–Trinajstić information content (AvgIpc) is 2.96. The average molecular weight is 370 g/mol. The molecule has 4 rings (SSSR count). The second-order valence-electron chi connectivity index (χ2n) is 8.02. The number of benzene rings is 1. The Morgan fingerprint density at radius 1 is 1.22 bits per heavy atom. The summed E-state index contributed by atoms with van der Waals surface area (Å²) in [5.41, 5.74) is 8.82. The molecule has 0 bridgehead atoms. The van der Waals surface area contributed by atoms with E-state index in [2.05, 4.69) is 17.1 Å². The predicted octanol–water partition coefficient (Wildman–Crippen LogP) is 0.617. The summed E-state index contributed by atoms with van der Waals surface area (Å²) in [6.45, 7) is 5.17. The highest BCUT2D eigenvalue weighted by Crippen LogP contribution is 2.31. The smallest absolute Gasteiger partial charge is 0.255 e. The van der Waals surface area contributed by atoms with E-state index in [1.54, 1.807) is 4.90 Å². The minimum Gasteiger partial charge on any atom is -0.327 e. The summed E-state index contributed by atoms with van der Waals surface area (Å²) in [7, 11) is 0. The molecule has 7 nitrogen and oxygen atoms in total. The Morgan fingerprint density at radius 3 is 2.78 bits per heavy atom. The fourth-order valence-electron chi connectivity index (χ4n) is 4.46. The lowest BCUT2D eigenvalue weighted by atomic mass is 9.94. The van der Waals surface area contributed by atoms with Crippen LogP contribution in [0.3, 0.4) is 0 Å². The van der Waals surface area contributed by atoms with Crippen LogP contribution >= 0.6 is 0 Å². The Bertz CT molecular complexity index is 793. The van der Waals surface area contributed by atoms with Gasteiger partial charge >= 0.3 is 0 Å². The molecule has 0 aromatic heterocycles. The van der Waals surface area contributed by atoms with E-state index in [9.17, 15) is 14.4 Å². The summed E-state index contributed by atoms with van der Waals surface area (Å²) >= 11 is 0. The molecule has 3 amide bonds. The van der Waals surface area contributed by atoms with E-state index >= 15 is 0 Å². The van der Waals surface area contributed by atoms with Gasteiger partial charge in [-0.3, -0.25) is 24.6 Å². The highest BCUT2D eigenvalue weighted by atomic mass is 16.2. The molecule has 3 heterocycles. The van der Waals surface area contributed by atoms with E-state index in [0.717, 1.165) is 42.7 Å². The number of hydrogen-bond acceptors (Lipinski definition) is 5. The minimum absolute atomic E-state index is 0.100. The van der Waals surface area contributed by atoms with E-state index in [-0.39, 0.29) is 30.2 Å². The van der Waals surface area contributed by atoms with Gasteiger partial charge < -0.3 is 10.6 Å². The molecule has 0 saturated carbocycles. The lowest BCUT2D eigenvalue weighted by molar-refractivity contribution is -0.136. The minimum atomic E-state index is -0.566. The quantitative estimate of drug-likeness (QED) is 0.761. The Balaban J connectivity index is 1.53. The van der Waals surface area contributed by atoms with Crippen molar-refractivity contribution in [1.82, 2.24) is 15.1 Å². The van der Waals surface area contributed by atoms with Crippen LogP contribution in [-0.2, 0) is 22.7 Å². The van der Waals surface area contributed by atoms with Gasteiger partial charge in [0.1, 0.15) is 6.04 Å². The number of carbonyl (C=O) groups excluding carboxylic acids is 3. The van der Waals surface area contributed by atoms with Crippen LogP contribution in [-0.4, -0.2) is 52.7 Å². The number of nitrogens with one attached hydrogen (secondary N) is 1. The van der Waals surface area contributed by atoms with Crippen LogP contribution in [0.15, 0.2) is 18.2 Å². The topological polar surface area (TPSA) is 95.7 Å². The second kappa shape index (κ2) is 7.05. The zero-order valence-electron chi connectivity index (χ0n) is 15.6. The number of piperidine rings is 2. The van der Waals surface area contributed by atoms with Crippen molar-refractivity contribution >= 4 is 17.7 Å². The maximum Gasteiger partial charge on any atom is 0.255 e. The van der Waals surface area contributed by atoms with E-state index in [1.807, 2.05) is 18.2 Å². The van der Waals surface area contributed by atoms with Gasteiger partial charge in [0, 0.05) is 37.7 Å². The van der Waals surface area contributed by atoms with Crippen molar-refractivity contribution in [1.29, 1.82) is 0 Å². The monoisotopic (exact) mass is 370 g/mol. The van der Waals surface area contributed by atoms with Gasteiger partial charge in [-0.25, -0.2) is 0 Å². The summed E-state index contributed by atoms with van der Waals surface area (Å²) in [6, 6.07) is 5.62. The lowest BCUT2D eigenvalue weighted by Gasteiger charge is -2.35. The van der Waals surface area contributed by atoms with Crippen molar-refractivity contribution in [2.24, 2.45) is 11.7 Å². The van der Waals surface area contributed by atoms with Crippen LogP contribution in [0.25, 0.3) is 0 Å². The van der Waals surface area contributed by atoms with Crippen molar-refractivity contribution in [3.63, 3.8) is 0 Å². The molecule has 3 aliphatic rings. The van der Waals surface area contributed by atoms with Gasteiger partial charge in [0.25, 0.3) is 5.91 Å². The van der Waals surface area contributed by atoms with Crippen molar-refractivity contribution in [3.05, 3.63) is 34.9 Å². The normalized spacial score (nSPS) is 29.0. The molecule has 1 aromatic rings. The molecule has 7 heteroatoms. The standard InChI is InChI=1S/C20H26N4O3/c1-12-9-23(8-7-15(12)21)10-13-3-2-4-14-11-24(20(27)18(13)14)16-5-6-17(25)22-19(16)26/h2-4,12,15-16H,5-11,21H2,1H3,(H,22,25,26). The number of fused-ring (bicyclic) bond motifs is 1. The first-order valence-corrected chi connectivity index (χ1v) is 9.67. The molecule has 0 radical (unpaired) electrons. The molecule has 27 heavy (non-hydrogen) atoms. The molecule has 2 fully saturated rings. The van der Waals surface area contributed by atoms with Crippen LogP contribution < -0.4 is 11.1 Å². The number of amides is 3. The Morgan fingerprint density at radius 2 is 2.04 bits per heavy atom. The number of nitrogens with zero attached hydrogens (tertiary/aromatic N) is 2. The first-order valence-electron chi connectivity index (χ1n) is 9.67. The molecular weight excluding hydrogens is 344 g/mol. The van der Waals surface area contributed by atoms with Crippen molar-refractivity contribution in [2.45, 2.75) is 51.4 Å². The molecule has 3 N–H and O–H groups in total. The van der Waals surface area contributed by atoms with E-state index in [0.29, 0.717) is 18.9 Å².